The van der Waals surface area contributed by atoms with E-state index in [4.69, 9.17) is 21.4 Å². The number of hydrogen-bond acceptors (Lipinski definition) is 5. The number of ether oxygens (including phenoxy) is 1. The first kappa shape index (κ1) is 25.1. The maximum atomic E-state index is 13.4. The summed E-state index contributed by atoms with van der Waals surface area (Å²) in [7, 11) is 0. The molecule has 0 saturated carbocycles. The van der Waals surface area contributed by atoms with Gasteiger partial charge in [-0.1, -0.05) is 37.6 Å². The number of nitrogens with one attached hydrogen (secondary N) is 1. The van der Waals surface area contributed by atoms with Crippen LogP contribution in [0.1, 0.15) is 40.1 Å². The van der Waals surface area contributed by atoms with Crippen molar-refractivity contribution in [3.63, 3.8) is 0 Å². The van der Waals surface area contributed by atoms with Gasteiger partial charge >= 0.3 is 5.97 Å². The number of carbonyl (C=O) groups excluding carboxylic acids is 1. The average molecular weight is 482 g/mol. The molecule has 178 valence electrons. The molecule has 0 fully saturated rings. The third kappa shape index (κ3) is 7.49. The Kier molecular flexibility index (Phi) is 8.87. The summed E-state index contributed by atoms with van der Waals surface area (Å²) in [5, 5.41) is 12.8. The Hall–Kier alpha value is -3.58. The summed E-state index contributed by atoms with van der Waals surface area (Å²) in [6.45, 7) is 5.94. The molecule has 34 heavy (non-hydrogen) atoms. The van der Waals surface area contributed by atoms with Crippen LogP contribution >= 0.6 is 11.6 Å². The summed E-state index contributed by atoms with van der Waals surface area (Å²) in [5.41, 5.74) is 2.44. The molecule has 0 radical (unpaired) electrons. The summed E-state index contributed by atoms with van der Waals surface area (Å²) in [4.78, 5) is 30.2. The highest BCUT2D eigenvalue weighted by Crippen LogP contribution is 2.23. The fraction of sp³-hybridized carbons (Fsp3) is 0.269. The Bertz CT molecular complexity index is 1100. The molecule has 8 heteroatoms. The van der Waals surface area contributed by atoms with Crippen LogP contribution in [0.4, 0.5) is 5.69 Å². The molecule has 0 aliphatic heterocycles. The Morgan fingerprint density at radius 1 is 1.06 bits per heavy atom. The van der Waals surface area contributed by atoms with Gasteiger partial charge in [-0.25, -0.2) is 4.79 Å². The van der Waals surface area contributed by atoms with Gasteiger partial charge in [0.1, 0.15) is 12.4 Å². The topological polar surface area (TPSA) is 91.8 Å². The molecule has 1 heterocycles. The number of anilines is 1. The highest BCUT2D eigenvalue weighted by Gasteiger charge is 2.19. The monoisotopic (exact) mass is 481 g/mol. The first-order valence-electron chi connectivity index (χ1n) is 11.0. The zero-order chi connectivity index (χ0) is 24.5. The minimum atomic E-state index is -0.982. The van der Waals surface area contributed by atoms with E-state index >= 15 is 0 Å². The molecule has 2 aromatic carbocycles. The molecule has 7 nitrogen and oxygen atoms in total. The second kappa shape index (κ2) is 12.0. The number of pyridine rings is 1. The van der Waals surface area contributed by atoms with Crippen LogP contribution in [-0.2, 0) is 6.54 Å². The molecule has 0 saturated heterocycles. The second-order valence-corrected chi connectivity index (χ2v) is 8.70. The molecule has 3 aromatic rings. The number of hydrogen-bond donors (Lipinski definition) is 2. The molecule has 0 spiro atoms. The maximum absolute atomic E-state index is 13.4. The third-order valence-electron chi connectivity index (χ3n) is 4.95. The van der Waals surface area contributed by atoms with Crippen molar-refractivity contribution in [3.05, 3.63) is 88.7 Å². The van der Waals surface area contributed by atoms with E-state index in [1.54, 1.807) is 59.8 Å². The number of rotatable bonds is 11. The van der Waals surface area contributed by atoms with Crippen molar-refractivity contribution in [2.24, 2.45) is 5.92 Å². The van der Waals surface area contributed by atoms with E-state index in [9.17, 15) is 9.59 Å². The van der Waals surface area contributed by atoms with E-state index in [0.717, 1.165) is 11.3 Å². The predicted octanol–water partition coefficient (Wildman–Crippen LogP) is 5.22. The summed E-state index contributed by atoms with van der Waals surface area (Å²) in [6, 6.07) is 15.3. The quantitative estimate of drug-likeness (QED) is 0.365. The number of aromatic nitrogens is 1. The molecule has 1 amide bonds. The number of aromatic carboxylic acids is 1. The van der Waals surface area contributed by atoms with Crippen molar-refractivity contribution < 1.29 is 19.4 Å². The van der Waals surface area contributed by atoms with Gasteiger partial charge in [-0.15, -0.1) is 0 Å². The normalized spacial score (nSPS) is 10.7. The van der Waals surface area contributed by atoms with E-state index in [-0.39, 0.29) is 17.4 Å². The van der Waals surface area contributed by atoms with Gasteiger partial charge in [0.25, 0.3) is 5.91 Å². The van der Waals surface area contributed by atoms with Crippen LogP contribution in [0.15, 0.2) is 67.0 Å². The number of halogens is 1. The van der Waals surface area contributed by atoms with E-state index in [1.807, 2.05) is 26.0 Å². The maximum Gasteiger partial charge on any atom is 0.335 e. The molecule has 0 aliphatic rings. The van der Waals surface area contributed by atoms with Gasteiger partial charge in [-0.2, -0.15) is 0 Å². The third-order valence-corrected chi connectivity index (χ3v) is 5.16. The second-order valence-electron chi connectivity index (χ2n) is 8.27. The van der Waals surface area contributed by atoms with Crippen molar-refractivity contribution >= 4 is 29.2 Å². The highest BCUT2D eigenvalue weighted by atomic mass is 35.5. The van der Waals surface area contributed by atoms with Crippen LogP contribution in [-0.4, -0.2) is 46.6 Å². The molecular formula is C26H28ClN3O4. The lowest BCUT2D eigenvalue weighted by molar-refractivity contribution is 0.0692. The Morgan fingerprint density at radius 3 is 2.41 bits per heavy atom. The minimum Gasteiger partial charge on any atom is -0.492 e. The van der Waals surface area contributed by atoms with E-state index in [2.05, 4.69) is 10.3 Å². The minimum absolute atomic E-state index is 0.168. The molecular weight excluding hydrogens is 454 g/mol. The average Bonchev–Trinajstić information content (AvgIpc) is 2.81. The van der Waals surface area contributed by atoms with Gasteiger partial charge in [-0.05, 0) is 53.9 Å². The van der Waals surface area contributed by atoms with Crippen LogP contribution in [0.2, 0.25) is 5.02 Å². The first-order chi connectivity index (χ1) is 16.3. The molecule has 0 unspecified atom stereocenters. The van der Waals surface area contributed by atoms with Crippen LogP contribution in [0, 0.1) is 5.92 Å². The van der Waals surface area contributed by atoms with E-state index in [1.165, 1.54) is 0 Å². The van der Waals surface area contributed by atoms with Gasteiger partial charge in [0, 0.05) is 48.3 Å². The van der Waals surface area contributed by atoms with Gasteiger partial charge in [0.15, 0.2) is 0 Å². The standard InChI is InChI=1S/C26H28ClN3O4/c1-18(2)16-30(17-19-3-5-20(6-4-19)26(32)33)25(31)21-13-22(27)15-24(14-21)34-12-11-29-23-7-9-28-10-8-23/h3-10,13-15,18H,11-12,16-17H2,1-2H3,(H,28,29)(H,32,33). The summed E-state index contributed by atoms with van der Waals surface area (Å²) >= 11 is 6.29. The van der Waals surface area contributed by atoms with Crippen molar-refractivity contribution in [1.29, 1.82) is 0 Å². The predicted molar refractivity (Wildman–Crippen MR) is 133 cm³/mol. The van der Waals surface area contributed by atoms with E-state index < -0.39 is 5.97 Å². The Balaban J connectivity index is 1.68. The lowest BCUT2D eigenvalue weighted by Crippen LogP contribution is -2.33. The number of benzene rings is 2. The van der Waals surface area contributed by atoms with Gasteiger partial charge in [0.2, 0.25) is 0 Å². The van der Waals surface area contributed by atoms with Gasteiger partial charge in [0.05, 0.1) is 5.56 Å². The number of nitrogens with zero attached hydrogens (tertiary/aromatic N) is 2. The number of amides is 1. The number of carboxylic acids is 1. The summed E-state index contributed by atoms with van der Waals surface area (Å²) in [5.74, 6) is -0.388. The fourth-order valence-corrected chi connectivity index (χ4v) is 3.64. The number of carboxylic acid groups (broad SMARTS) is 1. The van der Waals surface area contributed by atoms with Crippen molar-refractivity contribution in [1.82, 2.24) is 9.88 Å². The highest BCUT2D eigenvalue weighted by molar-refractivity contribution is 6.31. The number of carbonyl (C=O) groups is 2. The van der Waals surface area contributed by atoms with Crippen LogP contribution < -0.4 is 10.1 Å². The zero-order valence-corrected chi connectivity index (χ0v) is 20.0. The summed E-state index contributed by atoms with van der Waals surface area (Å²) in [6.07, 6.45) is 3.42. The molecule has 0 bridgehead atoms. The van der Waals surface area contributed by atoms with Crippen LogP contribution in [0.25, 0.3) is 0 Å². The molecule has 0 atom stereocenters. The van der Waals surface area contributed by atoms with Crippen molar-refractivity contribution in [2.75, 3.05) is 25.0 Å². The molecule has 2 N–H and O–H groups in total. The first-order valence-corrected chi connectivity index (χ1v) is 11.4. The zero-order valence-electron chi connectivity index (χ0n) is 19.2. The Labute approximate surface area is 204 Å². The Morgan fingerprint density at radius 2 is 1.76 bits per heavy atom. The largest absolute Gasteiger partial charge is 0.492 e. The smallest absolute Gasteiger partial charge is 0.335 e. The molecule has 1 aromatic heterocycles. The molecule has 0 aliphatic carbocycles. The molecule has 3 rings (SSSR count). The SMILES string of the molecule is CC(C)CN(Cc1ccc(C(=O)O)cc1)C(=O)c1cc(Cl)cc(OCCNc2ccncc2)c1. The van der Waals surface area contributed by atoms with Crippen LogP contribution in [0.5, 0.6) is 5.75 Å². The van der Waals surface area contributed by atoms with Crippen LogP contribution in [0.3, 0.4) is 0 Å². The van der Waals surface area contributed by atoms with Crippen molar-refractivity contribution in [2.45, 2.75) is 20.4 Å². The van der Waals surface area contributed by atoms with E-state index in [0.29, 0.717) is 42.6 Å². The lowest BCUT2D eigenvalue weighted by Gasteiger charge is -2.25. The van der Waals surface area contributed by atoms with Gasteiger partial charge < -0.3 is 20.1 Å². The lowest BCUT2D eigenvalue weighted by atomic mass is 10.1. The fourth-order valence-electron chi connectivity index (χ4n) is 3.42. The van der Waals surface area contributed by atoms with Gasteiger partial charge in [-0.3, -0.25) is 9.78 Å². The summed E-state index contributed by atoms with van der Waals surface area (Å²) < 4.78 is 5.83. The van der Waals surface area contributed by atoms with Crippen molar-refractivity contribution in [3.8, 4) is 5.75 Å².